The molecule has 20 heavy (non-hydrogen) atoms. The maximum absolute atomic E-state index is 12.0. The molecule has 2 aromatic heterocycles. The predicted octanol–water partition coefficient (Wildman–Crippen LogP) is 0.915. The van der Waals surface area contributed by atoms with E-state index in [9.17, 15) is 13.2 Å². The van der Waals surface area contributed by atoms with Gasteiger partial charge in [-0.25, -0.2) is 17.9 Å². The van der Waals surface area contributed by atoms with Crippen LogP contribution in [0.3, 0.4) is 0 Å². The molecule has 7 nitrogen and oxygen atoms in total. The summed E-state index contributed by atoms with van der Waals surface area (Å²) in [5.74, 6) is 0.0686. The third-order valence-corrected chi connectivity index (χ3v) is 4.06. The SMILES string of the molecule is COC(=O)c1cc(S(=O)(=O)NCCc2ccco2)c[nH]1. The van der Waals surface area contributed by atoms with E-state index in [1.165, 1.54) is 25.6 Å². The molecule has 0 aromatic carbocycles. The van der Waals surface area contributed by atoms with Crippen molar-refractivity contribution < 1.29 is 22.4 Å². The first-order chi connectivity index (χ1) is 9.53. The fourth-order valence-corrected chi connectivity index (χ4v) is 2.63. The number of ether oxygens (including phenoxy) is 1. The highest BCUT2D eigenvalue weighted by Crippen LogP contribution is 2.11. The maximum Gasteiger partial charge on any atom is 0.354 e. The van der Waals surface area contributed by atoms with Gasteiger partial charge in [-0.15, -0.1) is 0 Å². The molecule has 0 aliphatic rings. The van der Waals surface area contributed by atoms with Crippen molar-refractivity contribution >= 4 is 16.0 Å². The number of carbonyl (C=O) groups is 1. The molecule has 0 bridgehead atoms. The zero-order valence-electron chi connectivity index (χ0n) is 10.8. The van der Waals surface area contributed by atoms with Crippen LogP contribution < -0.4 is 4.72 Å². The van der Waals surface area contributed by atoms with E-state index in [0.29, 0.717) is 12.2 Å². The molecular weight excluding hydrogens is 284 g/mol. The Bertz CT molecular complexity index is 673. The number of hydrogen-bond donors (Lipinski definition) is 2. The number of methoxy groups -OCH3 is 1. The minimum Gasteiger partial charge on any atom is -0.469 e. The topological polar surface area (TPSA) is 101 Å². The van der Waals surface area contributed by atoms with Crippen LogP contribution >= 0.6 is 0 Å². The van der Waals surface area contributed by atoms with Gasteiger partial charge in [-0.3, -0.25) is 0 Å². The van der Waals surface area contributed by atoms with Crippen molar-refractivity contribution in [1.82, 2.24) is 9.71 Å². The molecule has 0 fully saturated rings. The summed E-state index contributed by atoms with van der Waals surface area (Å²) in [6.07, 6.45) is 3.21. The third kappa shape index (κ3) is 3.28. The molecule has 2 aromatic rings. The van der Waals surface area contributed by atoms with Gasteiger partial charge >= 0.3 is 5.97 Å². The fraction of sp³-hybridized carbons (Fsp3) is 0.250. The molecule has 8 heteroatoms. The quantitative estimate of drug-likeness (QED) is 0.772. The van der Waals surface area contributed by atoms with Crippen LogP contribution in [-0.4, -0.2) is 33.0 Å². The van der Waals surface area contributed by atoms with Crippen molar-refractivity contribution in [2.24, 2.45) is 0 Å². The molecule has 108 valence electrons. The van der Waals surface area contributed by atoms with Crippen molar-refractivity contribution in [2.45, 2.75) is 11.3 Å². The summed E-state index contributed by atoms with van der Waals surface area (Å²) in [6.45, 7) is 0.203. The van der Waals surface area contributed by atoms with Crippen LogP contribution in [0.15, 0.2) is 40.0 Å². The lowest BCUT2D eigenvalue weighted by Crippen LogP contribution is -2.25. The normalized spacial score (nSPS) is 11.4. The number of aromatic nitrogens is 1. The average molecular weight is 298 g/mol. The van der Waals surface area contributed by atoms with Gasteiger partial charge in [0, 0.05) is 19.2 Å². The minimum absolute atomic E-state index is 0.0163. The van der Waals surface area contributed by atoms with Gasteiger partial charge in [0.25, 0.3) is 0 Å². The summed E-state index contributed by atoms with van der Waals surface area (Å²) in [5, 5.41) is 0. The number of nitrogens with one attached hydrogen (secondary N) is 2. The molecule has 0 saturated carbocycles. The van der Waals surface area contributed by atoms with Gasteiger partial charge in [0.1, 0.15) is 16.3 Å². The van der Waals surface area contributed by atoms with Crippen molar-refractivity contribution in [3.63, 3.8) is 0 Å². The van der Waals surface area contributed by atoms with Gasteiger partial charge < -0.3 is 14.1 Å². The molecule has 0 unspecified atom stereocenters. The Morgan fingerprint density at radius 3 is 2.95 bits per heavy atom. The molecule has 0 amide bonds. The second-order valence-corrected chi connectivity index (χ2v) is 5.73. The van der Waals surface area contributed by atoms with Gasteiger partial charge in [0.15, 0.2) is 0 Å². The van der Waals surface area contributed by atoms with Gasteiger partial charge in [-0.1, -0.05) is 0 Å². The summed E-state index contributed by atoms with van der Waals surface area (Å²) in [6, 6.07) is 4.72. The number of rotatable bonds is 6. The van der Waals surface area contributed by atoms with Crippen LogP contribution in [0, 0.1) is 0 Å². The zero-order valence-corrected chi connectivity index (χ0v) is 11.6. The summed E-state index contributed by atoms with van der Waals surface area (Å²) in [7, 11) is -2.44. The predicted molar refractivity (Wildman–Crippen MR) is 69.7 cm³/mol. The first kappa shape index (κ1) is 14.4. The van der Waals surface area contributed by atoms with Crippen LogP contribution in [0.5, 0.6) is 0 Å². The molecular formula is C12H14N2O5S. The van der Waals surface area contributed by atoms with Gasteiger partial charge in [-0.05, 0) is 18.2 Å². The zero-order chi connectivity index (χ0) is 14.6. The van der Waals surface area contributed by atoms with Crippen LogP contribution in [-0.2, 0) is 21.2 Å². The number of aromatic amines is 1. The summed E-state index contributed by atoms with van der Waals surface area (Å²) >= 11 is 0. The first-order valence-corrected chi connectivity index (χ1v) is 7.30. The van der Waals surface area contributed by atoms with E-state index in [1.807, 2.05) is 0 Å². The van der Waals surface area contributed by atoms with E-state index >= 15 is 0 Å². The van der Waals surface area contributed by atoms with Gasteiger partial charge in [0.2, 0.25) is 10.0 Å². The Morgan fingerprint density at radius 1 is 1.50 bits per heavy atom. The lowest BCUT2D eigenvalue weighted by Gasteiger charge is -2.03. The first-order valence-electron chi connectivity index (χ1n) is 5.82. The van der Waals surface area contributed by atoms with E-state index in [4.69, 9.17) is 4.42 Å². The summed E-state index contributed by atoms with van der Waals surface area (Å²) < 4.78 is 36.0. The molecule has 2 heterocycles. The summed E-state index contributed by atoms with van der Waals surface area (Å²) in [5.41, 5.74) is 0.0823. The van der Waals surface area contributed by atoms with E-state index in [1.54, 1.807) is 12.1 Å². The number of hydrogen-bond acceptors (Lipinski definition) is 5. The van der Waals surface area contributed by atoms with Gasteiger partial charge in [0.05, 0.1) is 13.4 Å². The molecule has 0 radical (unpaired) electrons. The lowest BCUT2D eigenvalue weighted by molar-refractivity contribution is 0.0595. The smallest absolute Gasteiger partial charge is 0.354 e. The highest BCUT2D eigenvalue weighted by atomic mass is 32.2. The van der Waals surface area contributed by atoms with Crippen LogP contribution in [0.25, 0.3) is 0 Å². The Balaban J connectivity index is 1.99. The van der Waals surface area contributed by atoms with Crippen molar-refractivity contribution in [3.8, 4) is 0 Å². The largest absolute Gasteiger partial charge is 0.469 e. The molecule has 0 spiro atoms. The highest BCUT2D eigenvalue weighted by molar-refractivity contribution is 7.89. The van der Waals surface area contributed by atoms with E-state index < -0.39 is 16.0 Å². The highest BCUT2D eigenvalue weighted by Gasteiger charge is 2.18. The Kier molecular flexibility index (Phi) is 4.26. The molecule has 0 atom stereocenters. The number of H-pyrrole nitrogens is 1. The third-order valence-electron chi connectivity index (χ3n) is 2.62. The minimum atomic E-state index is -3.67. The Morgan fingerprint density at radius 2 is 2.30 bits per heavy atom. The second-order valence-electron chi connectivity index (χ2n) is 3.97. The Labute approximate surface area is 116 Å². The van der Waals surface area contributed by atoms with E-state index in [2.05, 4.69) is 14.4 Å². The number of carbonyl (C=O) groups excluding carboxylic acids is 1. The lowest BCUT2D eigenvalue weighted by atomic mass is 10.3. The van der Waals surface area contributed by atoms with Crippen LogP contribution in [0.1, 0.15) is 16.2 Å². The monoisotopic (exact) mass is 298 g/mol. The fourth-order valence-electron chi connectivity index (χ4n) is 1.60. The molecule has 0 aliphatic carbocycles. The second kappa shape index (κ2) is 5.93. The van der Waals surface area contributed by atoms with Crippen molar-refractivity contribution in [3.05, 3.63) is 42.1 Å². The average Bonchev–Trinajstić information content (AvgIpc) is 3.08. The van der Waals surface area contributed by atoms with E-state index in [0.717, 1.165) is 0 Å². The molecule has 2 rings (SSSR count). The van der Waals surface area contributed by atoms with Gasteiger partial charge in [-0.2, -0.15) is 0 Å². The van der Waals surface area contributed by atoms with E-state index in [-0.39, 0.29) is 17.1 Å². The number of furan rings is 1. The maximum atomic E-state index is 12.0. The van der Waals surface area contributed by atoms with Crippen molar-refractivity contribution in [1.29, 1.82) is 0 Å². The standard InChI is InChI=1S/C12H14N2O5S/c1-18-12(15)11-7-10(8-13-11)20(16,17)14-5-4-9-3-2-6-19-9/h2-3,6-8,13-14H,4-5H2,1H3. The van der Waals surface area contributed by atoms with Crippen molar-refractivity contribution in [2.75, 3.05) is 13.7 Å². The number of sulfonamides is 1. The number of esters is 1. The molecule has 2 N–H and O–H groups in total. The molecule has 0 saturated heterocycles. The van der Waals surface area contributed by atoms with Crippen LogP contribution in [0.4, 0.5) is 0 Å². The molecule has 0 aliphatic heterocycles. The Hall–Kier alpha value is -2.06. The summed E-state index contributed by atoms with van der Waals surface area (Å²) in [4.78, 5) is 13.8. The van der Waals surface area contributed by atoms with Crippen LogP contribution in [0.2, 0.25) is 0 Å².